The van der Waals surface area contributed by atoms with E-state index in [1.807, 2.05) is 0 Å². The normalized spacial score (nSPS) is 12.8. The average molecular weight is 331 g/mol. The van der Waals surface area contributed by atoms with Gasteiger partial charge in [-0.3, -0.25) is 0 Å². The number of hydrogen-bond acceptors (Lipinski definition) is 0. The van der Waals surface area contributed by atoms with Crippen LogP contribution in [0, 0.1) is 20.8 Å². The Kier molecular flexibility index (Phi) is 4.70. The van der Waals surface area contributed by atoms with Gasteiger partial charge in [-0.05, 0) is 54.5 Å². The lowest BCUT2D eigenvalue weighted by Crippen LogP contribution is -2.00. The first-order valence-corrected chi connectivity index (χ1v) is 8.13. The summed E-state index contributed by atoms with van der Waals surface area (Å²) in [5, 5.41) is 0. The van der Waals surface area contributed by atoms with Crippen LogP contribution in [0.15, 0.2) is 36.4 Å². The van der Waals surface area contributed by atoms with Crippen LogP contribution in [-0.2, 0) is 0 Å². The second-order valence-corrected chi connectivity index (χ2v) is 6.91. The quantitative estimate of drug-likeness (QED) is 0.586. The molecule has 0 nitrogen and oxygen atoms in total. The predicted octanol–water partition coefficient (Wildman–Crippen LogP) is 6.22. The second-order valence-electron chi connectivity index (χ2n) is 6.00. The molecule has 0 fully saturated rings. The highest BCUT2D eigenvalue weighted by Crippen LogP contribution is 2.35. The van der Waals surface area contributed by atoms with Crippen LogP contribution < -0.4 is 0 Å². The van der Waals surface area contributed by atoms with Crippen molar-refractivity contribution in [2.45, 2.75) is 45.4 Å². The summed E-state index contributed by atoms with van der Waals surface area (Å²) in [7, 11) is 0. The van der Waals surface area contributed by atoms with Gasteiger partial charge in [0.1, 0.15) is 0 Å². The number of aryl methyl sites for hydroxylation is 3. The van der Waals surface area contributed by atoms with Gasteiger partial charge < -0.3 is 0 Å². The van der Waals surface area contributed by atoms with Crippen molar-refractivity contribution in [1.82, 2.24) is 0 Å². The van der Waals surface area contributed by atoms with Crippen molar-refractivity contribution >= 4 is 15.9 Å². The summed E-state index contributed by atoms with van der Waals surface area (Å²) < 4.78 is 0. The van der Waals surface area contributed by atoms with Crippen LogP contribution in [0.1, 0.15) is 58.0 Å². The van der Waals surface area contributed by atoms with Gasteiger partial charge in [0, 0.05) is 0 Å². The van der Waals surface area contributed by atoms with E-state index in [2.05, 4.69) is 86.9 Å². The maximum absolute atomic E-state index is 3.88. The molecule has 0 aliphatic rings. The Morgan fingerprint density at radius 2 is 1.25 bits per heavy atom. The van der Waals surface area contributed by atoms with Crippen molar-refractivity contribution in [3.05, 3.63) is 69.8 Å². The zero-order chi connectivity index (χ0) is 14.9. The van der Waals surface area contributed by atoms with Crippen molar-refractivity contribution in [3.63, 3.8) is 0 Å². The van der Waals surface area contributed by atoms with Crippen LogP contribution >= 0.6 is 15.9 Å². The third kappa shape index (κ3) is 3.15. The van der Waals surface area contributed by atoms with Gasteiger partial charge in [-0.2, -0.15) is 0 Å². The molecule has 20 heavy (non-hydrogen) atoms. The molecule has 0 bridgehead atoms. The zero-order valence-electron chi connectivity index (χ0n) is 13.0. The molecular formula is C19H23Br. The number of benzene rings is 2. The molecule has 0 aliphatic carbocycles. The first kappa shape index (κ1) is 15.3. The summed E-state index contributed by atoms with van der Waals surface area (Å²) in [6.45, 7) is 11.0. The van der Waals surface area contributed by atoms with Crippen LogP contribution in [0.4, 0.5) is 0 Å². The zero-order valence-corrected chi connectivity index (χ0v) is 14.6. The van der Waals surface area contributed by atoms with Gasteiger partial charge in [-0.25, -0.2) is 0 Å². The van der Waals surface area contributed by atoms with Gasteiger partial charge in [0.05, 0.1) is 4.83 Å². The molecule has 0 aromatic heterocycles. The third-order valence-corrected chi connectivity index (χ3v) is 4.87. The fourth-order valence-corrected chi connectivity index (χ4v) is 3.83. The molecule has 0 aliphatic heterocycles. The summed E-state index contributed by atoms with van der Waals surface area (Å²) in [4.78, 5) is 0.268. The minimum atomic E-state index is 0.268. The van der Waals surface area contributed by atoms with E-state index in [1.54, 1.807) is 0 Å². The average Bonchev–Trinajstić information content (AvgIpc) is 2.37. The maximum atomic E-state index is 3.88. The molecule has 2 aromatic rings. The number of hydrogen-bond donors (Lipinski definition) is 0. The van der Waals surface area contributed by atoms with E-state index in [9.17, 15) is 0 Å². The van der Waals surface area contributed by atoms with Crippen LogP contribution in [0.25, 0.3) is 0 Å². The van der Waals surface area contributed by atoms with Gasteiger partial charge in [0.25, 0.3) is 0 Å². The highest BCUT2D eigenvalue weighted by molar-refractivity contribution is 9.09. The molecule has 1 atom stereocenters. The molecule has 0 saturated carbocycles. The molecule has 1 unspecified atom stereocenters. The van der Waals surface area contributed by atoms with Crippen LogP contribution in [0.3, 0.4) is 0 Å². The Hall–Kier alpha value is -1.08. The molecule has 0 saturated heterocycles. The lowest BCUT2D eigenvalue weighted by atomic mass is 9.93. The minimum Gasteiger partial charge on any atom is -0.0786 e. The van der Waals surface area contributed by atoms with E-state index in [-0.39, 0.29) is 4.83 Å². The first-order valence-electron chi connectivity index (χ1n) is 7.22. The summed E-state index contributed by atoms with van der Waals surface area (Å²) in [5.74, 6) is 0.584. The van der Waals surface area contributed by atoms with Crippen molar-refractivity contribution in [2.75, 3.05) is 0 Å². The minimum absolute atomic E-state index is 0.268. The Labute approximate surface area is 131 Å². The van der Waals surface area contributed by atoms with E-state index < -0.39 is 0 Å². The van der Waals surface area contributed by atoms with Gasteiger partial charge in [-0.15, -0.1) is 0 Å². The molecule has 0 heterocycles. The molecule has 2 aromatic carbocycles. The van der Waals surface area contributed by atoms with Crippen LogP contribution in [0.5, 0.6) is 0 Å². The fraction of sp³-hybridized carbons (Fsp3) is 0.368. The van der Waals surface area contributed by atoms with Crippen molar-refractivity contribution in [2.24, 2.45) is 0 Å². The molecular weight excluding hydrogens is 308 g/mol. The van der Waals surface area contributed by atoms with Crippen molar-refractivity contribution < 1.29 is 0 Å². The SMILES string of the molecule is Cc1cc(C)c(C(Br)c2ccc(C(C)C)cc2)c(C)c1. The Bertz CT molecular complexity index is 571. The molecule has 1 heteroatoms. The lowest BCUT2D eigenvalue weighted by Gasteiger charge is -2.18. The fourth-order valence-electron chi connectivity index (χ4n) is 2.81. The largest absolute Gasteiger partial charge is 0.0786 e. The smallest absolute Gasteiger partial charge is 0.0649 e. The third-order valence-electron chi connectivity index (χ3n) is 3.89. The van der Waals surface area contributed by atoms with Gasteiger partial charge in [-0.1, -0.05) is 71.7 Å². The van der Waals surface area contributed by atoms with E-state index in [1.165, 1.54) is 33.4 Å². The highest BCUT2D eigenvalue weighted by atomic mass is 79.9. The first-order chi connectivity index (χ1) is 9.40. The summed E-state index contributed by atoms with van der Waals surface area (Å²) in [5.41, 5.74) is 8.16. The van der Waals surface area contributed by atoms with Crippen molar-refractivity contribution in [3.8, 4) is 0 Å². The Morgan fingerprint density at radius 3 is 1.70 bits per heavy atom. The van der Waals surface area contributed by atoms with E-state index in [4.69, 9.17) is 0 Å². The topological polar surface area (TPSA) is 0 Å². The van der Waals surface area contributed by atoms with E-state index in [0.29, 0.717) is 5.92 Å². The maximum Gasteiger partial charge on any atom is 0.0649 e. The highest BCUT2D eigenvalue weighted by Gasteiger charge is 2.15. The number of rotatable bonds is 3. The molecule has 0 radical (unpaired) electrons. The molecule has 0 spiro atoms. The second kappa shape index (κ2) is 6.13. The van der Waals surface area contributed by atoms with E-state index in [0.717, 1.165) is 0 Å². The number of alkyl halides is 1. The van der Waals surface area contributed by atoms with Gasteiger partial charge >= 0.3 is 0 Å². The standard InChI is InChI=1S/C19H23Br/c1-12(2)16-6-8-17(9-7-16)19(20)18-14(4)10-13(3)11-15(18)5/h6-12,19H,1-5H3. The molecule has 0 amide bonds. The van der Waals surface area contributed by atoms with Gasteiger partial charge in [0.15, 0.2) is 0 Å². The summed E-state index contributed by atoms with van der Waals surface area (Å²) in [6, 6.07) is 13.5. The summed E-state index contributed by atoms with van der Waals surface area (Å²) in [6.07, 6.45) is 0. The Morgan fingerprint density at radius 1 is 0.800 bits per heavy atom. The van der Waals surface area contributed by atoms with E-state index >= 15 is 0 Å². The molecule has 0 N–H and O–H groups in total. The Balaban J connectivity index is 2.38. The monoisotopic (exact) mass is 330 g/mol. The molecule has 2 rings (SSSR count). The van der Waals surface area contributed by atoms with Crippen LogP contribution in [0.2, 0.25) is 0 Å². The van der Waals surface area contributed by atoms with Crippen molar-refractivity contribution in [1.29, 1.82) is 0 Å². The van der Waals surface area contributed by atoms with Crippen LogP contribution in [-0.4, -0.2) is 0 Å². The molecule has 106 valence electrons. The lowest BCUT2D eigenvalue weighted by molar-refractivity contribution is 0.865. The van der Waals surface area contributed by atoms with Gasteiger partial charge in [0.2, 0.25) is 0 Å². The predicted molar refractivity (Wildman–Crippen MR) is 92.0 cm³/mol. The number of halogens is 1. The summed E-state index contributed by atoms with van der Waals surface area (Å²) >= 11 is 3.88.